The van der Waals surface area contributed by atoms with Crippen molar-refractivity contribution in [3.8, 4) is 10.8 Å². The summed E-state index contributed by atoms with van der Waals surface area (Å²) in [5.41, 5.74) is -0.158. The van der Waals surface area contributed by atoms with Crippen LogP contribution in [0.4, 0.5) is 0 Å². The molecule has 0 amide bonds. The molecule has 0 atom stereocenters. The zero-order chi connectivity index (χ0) is 13.2. The summed E-state index contributed by atoms with van der Waals surface area (Å²) < 4.78 is 5.25. The summed E-state index contributed by atoms with van der Waals surface area (Å²) in [5.74, 6) is -0.160. The molecule has 18 heavy (non-hydrogen) atoms. The standard InChI is InChI=1S/C12H14N2O3S/c1-12(2,11(15)16)13-6-8-7-18-10(14-8)9-4-3-5-17-9/h3-5,7,13H,6H2,1-2H3,(H,15,16). The Hall–Kier alpha value is -1.66. The van der Waals surface area contributed by atoms with Crippen molar-refractivity contribution in [1.82, 2.24) is 10.3 Å². The van der Waals surface area contributed by atoms with Gasteiger partial charge in [-0.05, 0) is 26.0 Å². The second-order valence-corrected chi connectivity index (χ2v) is 5.26. The summed E-state index contributed by atoms with van der Waals surface area (Å²) >= 11 is 1.47. The number of furan rings is 1. The van der Waals surface area contributed by atoms with E-state index >= 15 is 0 Å². The molecular weight excluding hydrogens is 252 g/mol. The summed E-state index contributed by atoms with van der Waals surface area (Å²) in [6, 6.07) is 3.65. The molecule has 2 heterocycles. The molecule has 96 valence electrons. The number of carboxylic acids is 1. The Morgan fingerprint density at radius 1 is 1.61 bits per heavy atom. The number of aliphatic carboxylic acids is 1. The maximum Gasteiger partial charge on any atom is 0.323 e. The molecule has 0 aliphatic rings. The van der Waals surface area contributed by atoms with E-state index in [1.807, 2.05) is 17.5 Å². The third-order valence-corrected chi connectivity index (χ3v) is 3.44. The third-order valence-electron chi connectivity index (χ3n) is 2.53. The lowest BCUT2D eigenvalue weighted by Crippen LogP contribution is -2.46. The van der Waals surface area contributed by atoms with Crippen molar-refractivity contribution in [2.24, 2.45) is 0 Å². The summed E-state index contributed by atoms with van der Waals surface area (Å²) in [5, 5.41) is 14.6. The van der Waals surface area contributed by atoms with E-state index < -0.39 is 11.5 Å². The minimum absolute atomic E-state index is 0.413. The Balaban J connectivity index is 2.02. The van der Waals surface area contributed by atoms with E-state index in [1.54, 1.807) is 20.1 Å². The summed E-state index contributed by atoms with van der Waals surface area (Å²) in [4.78, 5) is 15.3. The normalized spacial score (nSPS) is 11.7. The summed E-state index contributed by atoms with van der Waals surface area (Å²) in [6.45, 7) is 3.65. The van der Waals surface area contributed by atoms with Crippen molar-refractivity contribution in [3.63, 3.8) is 0 Å². The quantitative estimate of drug-likeness (QED) is 0.868. The van der Waals surface area contributed by atoms with Crippen molar-refractivity contribution >= 4 is 17.3 Å². The maximum absolute atomic E-state index is 10.9. The maximum atomic E-state index is 10.9. The fourth-order valence-electron chi connectivity index (χ4n) is 1.29. The largest absolute Gasteiger partial charge is 0.480 e. The van der Waals surface area contributed by atoms with Gasteiger partial charge in [-0.25, -0.2) is 4.98 Å². The molecule has 5 nitrogen and oxygen atoms in total. The van der Waals surface area contributed by atoms with E-state index in [2.05, 4.69) is 10.3 Å². The lowest BCUT2D eigenvalue weighted by molar-refractivity contribution is -0.143. The van der Waals surface area contributed by atoms with Gasteiger partial charge in [-0.3, -0.25) is 10.1 Å². The SMILES string of the molecule is CC(C)(NCc1csc(-c2ccco2)n1)C(=O)O. The van der Waals surface area contributed by atoms with Crippen LogP contribution >= 0.6 is 11.3 Å². The fraction of sp³-hybridized carbons (Fsp3) is 0.333. The predicted octanol–water partition coefficient (Wildman–Crippen LogP) is 2.36. The van der Waals surface area contributed by atoms with Gasteiger partial charge in [0.1, 0.15) is 5.54 Å². The number of thiazole rings is 1. The minimum atomic E-state index is -0.964. The van der Waals surface area contributed by atoms with Gasteiger partial charge in [0.05, 0.1) is 12.0 Å². The highest BCUT2D eigenvalue weighted by molar-refractivity contribution is 7.13. The Kier molecular flexibility index (Phi) is 3.49. The van der Waals surface area contributed by atoms with Crippen LogP contribution in [0.2, 0.25) is 0 Å². The Labute approximate surface area is 108 Å². The van der Waals surface area contributed by atoms with E-state index in [9.17, 15) is 4.79 Å². The first-order chi connectivity index (χ1) is 8.49. The zero-order valence-corrected chi connectivity index (χ0v) is 11.0. The second kappa shape index (κ2) is 4.91. The lowest BCUT2D eigenvalue weighted by Gasteiger charge is -2.20. The van der Waals surface area contributed by atoms with E-state index in [1.165, 1.54) is 11.3 Å². The molecular formula is C12H14N2O3S. The molecule has 0 aromatic carbocycles. The second-order valence-electron chi connectivity index (χ2n) is 4.41. The number of carboxylic acid groups (broad SMARTS) is 1. The molecule has 2 N–H and O–H groups in total. The van der Waals surface area contributed by atoms with Crippen molar-refractivity contribution < 1.29 is 14.3 Å². The highest BCUT2D eigenvalue weighted by Gasteiger charge is 2.26. The van der Waals surface area contributed by atoms with Crippen molar-refractivity contribution in [1.29, 1.82) is 0 Å². The molecule has 0 bridgehead atoms. The number of rotatable bonds is 5. The molecule has 0 spiro atoms. The third kappa shape index (κ3) is 2.77. The number of carbonyl (C=O) groups is 1. The van der Waals surface area contributed by atoms with Gasteiger partial charge in [0.15, 0.2) is 10.8 Å². The molecule has 2 aromatic heterocycles. The first-order valence-electron chi connectivity index (χ1n) is 5.46. The molecule has 0 aliphatic carbocycles. The van der Waals surface area contributed by atoms with Crippen molar-refractivity contribution in [3.05, 3.63) is 29.5 Å². The van der Waals surface area contributed by atoms with Crippen LogP contribution < -0.4 is 5.32 Å². The first kappa shape index (κ1) is 12.8. The number of nitrogens with zero attached hydrogens (tertiary/aromatic N) is 1. The topological polar surface area (TPSA) is 75.4 Å². The van der Waals surface area contributed by atoms with Gasteiger partial charge in [-0.2, -0.15) is 0 Å². The minimum Gasteiger partial charge on any atom is -0.480 e. The van der Waals surface area contributed by atoms with Crippen LogP contribution in [0, 0.1) is 0 Å². The Morgan fingerprint density at radius 2 is 2.39 bits per heavy atom. The first-order valence-corrected chi connectivity index (χ1v) is 6.34. The van der Waals surface area contributed by atoms with Crippen LogP contribution in [0.1, 0.15) is 19.5 Å². The number of aromatic nitrogens is 1. The van der Waals surface area contributed by atoms with Gasteiger partial charge < -0.3 is 9.52 Å². The average molecular weight is 266 g/mol. The molecule has 0 saturated heterocycles. The van der Waals surface area contributed by atoms with E-state index in [0.29, 0.717) is 6.54 Å². The zero-order valence-electron chi connectivity index (χ0n) is 10.1. The molecule has 0 fully saturated rings. The molecule has 6 heteroatoms. The van der Waals surface area contributed by atoms with Crippen LogP contribution in [0.15, 0.2) is 28.2 Å². The molecule has 2 aromatic rings. The summed E-state index contributed by atoms with van der Waals surface area (Å²) in [6.07, 6.45) is 1.60. The van der Waals surface area contributed by atoms with Crippen molar-refractivity contribution in [2.45, 2.75) is 25.9 Å². The van der Waals surface area contributed by atoms with Crippen LogP contribution in [0.3, 0.4) is 0 Å². The van der Waals surface area contributed by atoms with Gasteiger partial charge in [-0.1, -0.05) is 0 Å². The molecule has 0 aliphatic heterocycles. The highest BCUT2D eigenvalue weighted by atomic mass is 32.1. The van der Waals surface area contributed by atoms with Gasteiger partial charge in [0.25, 0.3) is 0 Å². The van der Waals surface area contributed by atoms with Crippen molar-refractivity contribution in [2.75, 3.05) is 0 Å². The van der Waals surface area contributed by atoms with Gasteiger partial charge in [0, 0.05) is 11.9 Å². The van der Waals surface area contributed by atoms with E-state index in [4.69, 9.17) is 9.52 Å². The molecule has 0 unspecified atom stereocenters. The fourth-order valence-corrected chi connectivity index (χ4v) is 2.07. The highest BCUT2D eigenvalue weighted by Crippen LogP contribution is 2.24. The van der Waals surface area contributed by atoms with Crippen LogP contribution in [0.25, 0.3) is 10.8 Å². The molecule has 2 rings (SSSR count). The van der Waals surface area contributed by atoms with Gasteiger partial charge >= 0.3 is 5.97 Å². The number of hydrogen-bond donors (Lipinski definition) is 2. The molecule has 0 saturated carbocycles. The predicted molar refractivity (Wildman–Crippen MR) is 68.4 cm³/mol. The summed E-state index contributed by atoms with van der Waals surface area (Å²) in [7, 11) is 0. The van der Waals surface area contributed by atoms with Gasteiger partial charge in [0.2, 0.25) is 0 Å². The van der Waals surface area contributed by atoms with Crippen LogP contribution in [0.5, 0.6) is 0 Å². The number of nitrogens with one attached hydrogen (secondary N) is 1. The van der Waals surface area contributed by atoms with Crippen LogP contribution in [-0.4, -0.2) is 21.6 Å². The van der Waals surface area contributed by atoms with Gasteiger partial charge in [-0.15, -0.1) is 11.3 Å². The Morgan fingerprint density at radius 3 is 3.00 bits per heavy atom. The Bertz CT molecular complexity index is 531. The molecule has 0 radical (unpaired) electrons. The lowest BCUT2D eigenvalue weighted by atomic mass is 10.1. The van der Waals surface area contributed by atoms with E-state index in [0.717, 1.165) is 16.5 Å². The van der Waals surface area contributed by atoms with Crippen LogP contribution in [-0.2, 0) is 11.3 Å². The smallest absolute Gasteiger partial charge is 0.323 e. The monoisotopic (exact) mass is 266 g/mol. The number of hydrogen-bond acceptors (Lipinski definition) is 5. The average Bonchev–Trinajstić information content (AvgIpc) is 2.97. The van der Waals surface area contributed by atoms with E-state index in [-0.39, 0.29) is 0 Å².